The number of amides is 1. The molecular formula is C14H16N4O. The van der Waals surface area contributed by atoms with Crippen LogP contribution in [0.5, 0.6) is 0 Å². The van der Waals surface area contributed by atoms with Crippen molar-refractivity contribution in [2.24, 2.45) is 5.73 Å². The molecule has 0 aliphatic heterocycles. The highest BCUT2D eigenvalue weighted by atomic mass is 16.1. The largest absolute Gasteiger partial charge is 0.327 e. The predicted octanol–water partition coefficient (Wildman–Crippen LogP) is 1.89. The Morgan fingerprint density at radius 2 is 2.05 bits per heavy atom. The second kappa shape index (κ2) is 7.15. The Labute approximate surface area is 112 Å². The maximum absolute atomic E-state index is 11.7. The minimum Gasteiger partial charge on any atom is -0.327 e. The lowest BCUT2D eigenvalue weighted by atomic mass is 10.1. The number of carbonyl (C=O) groups is 1. The molecule has 0 aliphatic rings. The number of nitrogens with two attached hydrogens (primary N) is 1. The molecular weight excluding hydrogens is 240 g/mol. The van der Waals surface area contributed by atoms with Gasteiger partial charge in [-0.15, -0.1) is 0 Å². The van der Waals surface area contributed by atoms with Crippen LogP contribution in [0, 0.1) is 22.7 Å². The van der Waals surface area contributed by atoms with E-state index in [4.69, 9.17) is 16.3 Å². The van der Waals surface area contributed by atoms with Gasteiger partial charge in [-0.2, -0.15) is 10.5 Å². The van der Waals surface area contributed by atoms with E-state index >= 15 is 0 Å². The predicted molar refractivity (Wildman–Crippen MR) is 72.0 cm³/mol. The summed E-state index contributed by atoms with van der Waals surface area (Å²) >= 11 is 0. The molecule has 0 aliphatic carbocycles. The van der Waals surface area contributed by atoms with E-state index in [0.29, 0.717) is 11.3 Å². The Kier molecular flexibility index (Phi) is 5.53. The van der Waals surface area contributed by atoms with Crippen LogP contribution < -0.4 is 11.1 Å². The van der Waals surface area contributed by atoms with Crippen LogP contribution in [0.3, 0.4) is 0 Å². The first-order valence-electron chi connectivity index (χ1n) is 6.10. The number of nitriles is 2. The fourth-order valence-corrected chi connectivity index (χ4v) is 1.74. The van der Waals surface area contributed by atoms with E-state index < -0.39 is 0 Å². The zero-order valence-corrected chi connectivity index (χ0v) is 10.8. The fourth-order valence-electron chi connectivity index (χ4n) is 1.74. The summed E-state index contributed by atoms with van der Waals surface area (Å²) in [6.45, 7) is 2.01. The highest BCUT2D eigenvalue weighted by molar-refractivity contribution is 5.91. The Bertz CT molecular complexity index is 539. The van der Waals surface area contributed by atoms with Gasteiger partial charge in [0.2, 0.25) is 5.91 Å². The molecule has 19 heavy (non-hydrogen) atoms. The zero-order valence-electron chi connectivity index (χ0n) is 10.8. The summed E-state index contributed by atoms with van der Waals surface area (Å²) in [5.41, 5.74) is 6.83. The van der Waals surface area contributed by atoms with E-state index in [1.165, 1.54) is 12.1 Å². The number of rotatable bonds is 5. The van der Waals surface area contributed by atoms with Crippen molar-refractivity contribution in [3.05, 3.63) is 29.3 Å². The lowest BCUT2D eigenvalue weighted by Crippen LogP contribution is -2.26. The third-order valence-electron chi connectivity index (χ3n) is 2.65. The van der Waals surface area contributed by atoms with Crippen molar-refractivity contribution in [2.45, 2.75) is 32.2 Å². The van der Waals surface area contributed by atoms with Crippen molar-refractivity contribution >= 4 is 11.6 Å². The lowest BCUT2D eigenvalue weighted by molar-refractivity contribution is -0.116. The summed E-state index contributed by atoms with van der Waals surface area (Å²) in [4.78, 5) is 11.7. The standard InChI is InChI=1S/C14H16N4O/c1-2-3-12(17)7-14(19)18-13-5-4-10(8-15)11(6-13)9-16/h4-6,12H,2-3,7,17H2,1H3,(H,18,19). The molecule has 0 fully saturated rings. The first-order valence-corrected chi connectivity index (χ1v) is 6.10. The third kappa shape index (κ3) is 4.42. The highest BCUT2D eigenvalue weighted by Crippen LogP contribution is 2.15. The van der Waals surface area contributed by atoms with Crippen molar-refractivity contribution in [1.29, 1.82) is 10.5 Å². The molecule has 0 radical (unpaired) electrons. The third-order valence-corrected chi connectivity index (χ3v) is 2.65. The second-order valence-electron chi connectivity index (χ2n) is 4.29. The van der Waals surface area contributed by atoms with Gasteiger partial charge in [0.05, 0.1) is 11.1 Å². The topological polar surface area (TPSA) is 103 Å². The first-order chi connectivity index (χ1) is 9.10. The number of anilines is 1. The molecule has 0 saturated carbocycles. The second-order valence-corrected chi connectivity index (χ2v) is 4.29. The van der Waals surface area contributed by atoms with Crippen LogP contribution in [0.15, 0.2) is 18.2 Å². The average molecular weight is 256 g/mol. The van der Waals surface area contributed by atoms with Gasteiger partial charge in [-0.05, 0) is 24.6 Å². The maximum atomic E-state index is 11.7. The van der Waals surface area contributed by atoms with E-state index in [0.717, 1.165) is 12.8 Å². The molecule has 1 aromatic rings. The number of benzene rings is 1. The van der Waals surface area contributed by atoms with Crippen molar-refractivity contribution in [3.8, 4) is 12.1 Å². The molecule has 0 bridgehead atoms. The number of hydrogen-bond donors (Lipinski definition) is 2. The van der Waals surface area contributed by atoms with Crippen molar-refractivity contribution in [2.75, 3.05) is 5.32 Å². The summed E-state index contributed by atoms with van der Waals surface area (Å²) in [5, 5.41) is 20.4. The van der Waals surface area contributed by atoms with Crippen LogP contribution in [0.1, 0.15) is 37.3 Å². The van der Waals surface area contributed by atoms with Gasteiger partial charge in [-0.25, -0.2) is 0 Å². The number of hydrogen-bond acceptors (Lipinski definition) is 4. The van der Waals surface area contributed by atoms with E-state index in [1.54, 1.807) is 6.07 Å². The summed E-state index contributed by atoms with van der Waals surface area (Å²) in [6.07, 6.45) is 1.98. The molecule has 1 aromatic carbocycles. The van der Waals surface area contributed by atoms with Crippen molar-refractivity contribution < 1.29 is 4.79 Å². The number of nitrogens with zero attached hydrogens (tertiary/aromatic N) is 2. The Morgan fingerprint density at radius 1 is 1.37 bits per heavy atom. The normalized spacial score (nSPS) is 11.2. The van der Waals surface area contributed by atoms with E-state index in [1.807, 2.05) is 19.1 Å². The van der Waals surface area contributed by atoms with Gasteiger partial charge in [-0.1, -0.05) is 13.3 Å². The van der Waals surface area contributed by atoms with Crippen LogP contribution in [0.25, 0.3) is 0 Å². The Balaban J connectivity index is 2.71. The minimum absolute atomic E-state index is 0.154. The minimum atomic E-state index is -0.186. The fraction of sp³-hybridized carbons (Fsp3) is 0.357. The van der Waals surface area contributed by atoms with Crippen LogP contribution >= 0.6 is 0 Å². The van der Waals surface area contributed by atoms with Crippen LogP contribution in [0.4, 0.5) is 5.69 Å². The zero-order chi connectivity index (χ0) is 14.3. The SMILES string of the molecule is CCCC(N)CC(=O)Nc1ccc(C#N)c(C#N)c1. The smallest absolute Gasteiger partial charge is 0.225 e. The molecule has 98 valence electrons. The maximum Gasteiger partial charge on any atom is 0.225 e. The van der Waals surface area contributed by atoms with E-state index in [9.17, 15) is 4.79 Å². The molecule has 1 rings (SSSR count). The van der Waals surface area contributed by atoms with Gasteiger partial charge < -0.3 is 11.1 Å². The Hall–Kier alpha value is -2.37. The molecule has 5 nitrogen and oxygen atoms in total. The molecule has 1 amide bonds. The van der Waals surface area contributed by atoms with Gasteiger partial charge in [0.15, 0.2) is 0 Å². The molecule has 0 saturated heterocycles. The molecule has 5 heteroatoms. The molecule has 3 N–H and O–H groups in total. The lowest BCUT2D eigenvalue weighted by Gasteiger charge is -2.10. The first kappa shape index (κ1) is 14.7. The number of carbonyl (C=O) groups excluding carboxylic acids is 1. The van der Waals surface area contributed by atoms with E-state index in [2.05, 4.69) is 5.32 Å². The summed E-state index contributed by atoms with van der Waals surface area (Å²) in [7, 11) is 0. The molecule has 0 spiro atoms. The molecule has 1 atom stereocenters. The van der Waals surface area contributed by atoms with Gasteiger partial charge in [-0.3, -0.25) is 4.79 Å². The summed E-state index contributed by atoms with van der Waals surface area (Å²) in [5.74, 6) is -0.186. The van der Waals surface area contributed by atoms with E-state index in [-0.39, 0.29) is 23.9 Å². The monoisotopic (exact) mass is 256 g/mol. The summed E-state index contributed by atoms with van der Waals surface area (Å²) in [6, 6.07) is 8.29. The number of nitrogens with one attached hydrogen (secondary N) is 1. The van der Waals surface area contributed by atoms with Crippen LogP contribution in [-0.2, 0) is 4.79 Å². The molecule has 0 aromatic heterocycles. The van der Waals surface area contributed by atoms with Gasteiger partial charge >= 0.3 is 0 Å². The van der Waals surface area contributed by atoms with Crippen molar-refractivity contribution in [3.63, 3.8) is 0 Å². The van der Waals surface area contributed by atoms with Crippen LogP contribution in [-0.4, -0.2) is 11.9 Å². The van der Waals surface area contributed by atoms with Gasteiger partial charge in [0, 0.05) is 18.2 Å². The Morgan fingerprint density at radius 3 is 2.63 bits per heavy atom. The molecule has 1 unspecified atom stereocenters. The highest BCUT2D eigenvalue weighted by Gasteiger charge is 2.10. The van der Waals surface area contributed by atoms with Crippen LogP contribution in [0.2, 0.25) is 0 Å². The van der Waals surface area contributed by atoms with Gasteiger partial charge in [0.25, 0.3) is 0 Å². The average Bonchev–Trinajstić information content (AvgIpc) is 2.38. The molecule has 0 heterocycles. The quantitative estimate of drug-likeness (QED) is 0.839. The van der Waals surface area contributed by atoms with Gasteiger partial charge in [0.1, 0.15) is 12.1 Å². The van der Waals surface area contributed by atoms with Crippen molar-refractivity contribution in [1.82, 2.24) is 0 Å². The summed E-state index contributed by atoms with van der Waals surface area (Å²) < 4.78 is 0.